The van der Waals surface area contributed by atoms with E-state index < -0.39 is 0 Å². The summed E-state index contributed by atoms with van der Waals surface area (Å²) in [5.41, 5.74) is 3.70. The highest BCUT2D eigenvalue weighted by molar-refractivity contribution is 5.73. The van der Waals surface area contributed by atoms with Crippen LogP contribution in [0, 0.1) is 0 Å². The minimum Gasteiger partial charge on any atom is -0.343 e. The molecule has 0 saturated heterocycles. The zero-order valence-corrected chi connectivity index (χ0v) is 12.3. The molecule has 20 heavy (non-hydrogen) atoms. The summed E-state index contributed by atoms with van der Waals surface area (Å²) in [5, 5.41) is 0. The highest BCUT2D eigenvalue weighted by Crippen LogP contribution is 2.21. The average Bonchev–Trinajstić information content (AvgIpc) is 2.47. The van der Waals surface area contributed by atoms with Gasteiger partial charge in [-0.05, 0) is 30.0 Å². The zero-order chi connectivity index (χ0) is 14.5. The molecule has 0 fully saturated rings. The molecule has 0 aromatic heterocycles. The average molecular weight is 267 g/mol. The van der Waals surface area contributed by atoms with Crippen molar-refractivity contribution in [2.24, 2.45) is 0 Å². The molecule has 2 aromatic carbocycles. The first kappa shape index (κ1) is 14.3. The lowest BCUT2D eigenvalue weighted by Gasteiger charge is -2.23. The van der Waals surface area contributed by atoms with E-state index in [0.29, 0.717) is 0 Å². The summed E-state index contributed by atoms with van der Waals surface area (Å²) in [6.45, 7) is 3.69. The molecule has 1 atom stereocenters. The van der Waals surface area contributed by atoms with E-state index in [2.05, 4.69) is 43.3 Å². The number of carbonyl (C=O) groups is 1. The minimum absolute atomic E-state index is 0.108. The van der Waals surface area contributed by atoms with Crippen LogP contribution < -0.4 is 0 Å². The quantitative estimate of drug-likeness (QED) is 0.826. The van der Waals surface area contributed by atoms with Gasteiger partial charge < -0.3 is 4.90 Å². The van der Waals surface area contributed by atoms with Gasteiger partial charge in [0.1, 0.15) is 0 Å². The summed E-state index contributed by atoms with van der Waals surface area (Å²) in [6, 6.07) is 19.1. The Bertz CT molecular complexity index is 577. The number of benzene rings is 2. The number of rotatable bonds is 4. The molecule has 0 aliphatic rings. The molecule has 2 aromatic rings. The van der Waals surface area contributed by atoms with Crippen molar-refractivity contribution in [3.63, 3.8) is 0 Å². The lowest BCUT2D eigenvalue weighted by molar-refractivity contribution is -0.129. The van der Waals surface area contributed by atoms with Crippen LogP contribution >= 0.6 is 0 Å². The molecule has 0 aliphatic heterocycles. The predicted molar refractivity (Wildman–Crippen MR) is 83.5 cm³/mol. The fourth-order valence-corrected chi connectivity index (χ4v) is 2.30. The topological polar surface area (TPSA) is 20.3 Å². The van der Waals surface area contributed by atoms with Gasteiger partial charge in [0.05, 0.1) is 0 Å². The van der Waals surface area contributed by atoms with Gasteiger partial charge in [0, 0.05) is 20.0 Å². The maximum absolute atomic E-state index is 11.4. The molecule has 0 saturated carbocycles. The number of carbonyl (C=O) groups excluding carboxylic acids is 1. The fraction of sp³-hybridized carbons (Fsp3) is 0.278. The van der Waals surface area contributed by atoms with Crippen molar-refractivity contribution in [1.29, 1.82) is 0 Å². The van der Waals surface area contributed by atoms with Gasteiger partial charge in [0.2, 0.25) is 5.91 Å². The summed E-state index contributed by atoms with van der Waals surface area (Å²) < 4.78 is 0. The number of amides is 1. The number of likely N-dealkylation sites (N-methyl/N-ethyl adjacent to an activating group) is 1. The van der Waals surface area contributed by atoms with Crippen LogP contribution in [0.5, 0.6) is 0 Å². The summed E-state index contributed by atoms with van der Waals surface area (Å²) in [6.07, 6.45) is 0.872. The normalized spacial score (nSPS) is 11.9. The van der Waals surface area contributed by atoms with Gasteiger partial charge >= 0.3 is 0 Å². The minimum atomic E-state index is 0.108. The lowest BCUT2D eigenvalue weighted by atomic mass is 9.99. The van der Waals surface area contributed by atoms with E-state index in [9.17, 15) is 4.79 Å². The van der Waals surface area contributed by atoms with E-state index in [0.717, 1.165) is 6.42 Å². The summed E-state index contributed by atoms with van der Waals surface area (Å²) in [5.74, 6) is 0.108. The van der Waals surface area contributed by atoms with E-state index in [-0.39, 0.29) is 11.9 Å². The number of hydrogen-bond acceptors (Lipinski definition) is 1. The predicted octanol–water partition coefficient (Wildman–Crippen LogP) is 3.76. The fourth-order valence-electron chi connectivity index (χ4n) is 2.30. The molecule has 0 aliphatic carbocycles. The molecular weight excluding hydrogens is 246 g/mol. The third kappa shape index (κ3) is 3.47. The molecular formula is C18H21NO. The van der Waals surface area contributed by atoms with Crippen LogP contribution in [-0.4, -0.2) is 23.9 Å². The van der Waals surface area contributed by atoms with Crippen LogP contribution in [0.25, 0.3) is 11.1 Å². The second-order valence-corrected chi connectivity index (χ2v) is 5.25. The van der Waals surface area contributed by atoms with Crippen LogP contribution in [0.3, 0.4) is 0 Å². The van der Waals surface area contributed by atoms with E-state index in [1.807, 2.05) is 25.2 Å². The highest BCUT2D eigenvalue weighted by atomic mass is 16.2. The first-order chi connectivity index (χ1) is 9.58. The Hall–Kier alpha value is -2.09. The van der Waals surface area contributed by atoms with Gasteiger partial charge in [0.25, 0.3) is 0 Å². The first-order valence-electron chi connectivity index (χ1n) is 6.95. The maximum atomic E-state index is 11.4. The number of hydrogen-bond donors (Lipinski definition) is 0. The third-order valence-electron chi connectivity index (χ3n) is 3.72. The van der Waals surface area contributed by atoms with Crippen molar-refractivity contribution in [3.05, 3.63) is 60.2 Å². The van der Waals surface area contributed by atoms with Crippen LogP contribution in [0.2, 0.25) is 0 Å². The maximum Gasteiger partial charge on any atom is 0.219 e. The van der Waals surface area contributed by atoms with Gasteiger partial charge in [-0.2, -0.15) is 0 Å². The van der Waals surface area contributed by atoms with Crippen LogP contribution in [0.15, 0.2) is 54.6 Å². The molecule has 2 heteroatoms. The Kier molecular flexibility index (Phi) is 4.57. The molecule has 2 rings (SSSR count). The van der Waals surface area contributed by atoms with Crippen LogP contribution in [-0.2, 0) is 11.2 Å². The van der Waals surface area contributed by atoms with Crippen LogP contribution in [0.4, 0.5) is 0 Å². The van der Waals surface area contributed by atoms with Gasteiger partial charge in [-0.1, -0.05) is 54.6 Å². The molecule has 0 radical (unpaired) electrons. The Morgan fingerprint density at radius 2 is 1.70 bits per heavy atom. The van der Waals surface area contributed by atoms with Gasteiger partial charge in [-0.3, -0.25) is 4.79 Å². The van der Waals surface area contributed by atoms with E-state index in [1.165, 1.54) is 16.7 Å². The summed E-state index contributed by atoms with van der Waals surface area (Å²) >= 11 is 0. The molecule has 0 bridgehead atoms. The van der Waals surface area contributed by atoms with E-state index in [1.54, 1.807) is 11.8 Å². The zero-order valence-electron chi connectivity index (χ0n) is 12.3. The van der Waals surface area contributed by atoms with Gasteiger partial charge in [0.15, 0.2) is 0 Å². The third-order valence-corrected chi connectivity index (χ3v) is 3.72. The van der Waals surface area contributed by atoms with E-state index in [4.69, 9.17) is 0 Å². The number of nitrogens with zero attached hydrogens (tertiary/aromatic N) is 1. The smallest absolute Gasteiger partial charge is 0.219 e. The van der Waals surface area contributed by atoms with Crippen molar-refractivity contribution < 1.29 is 4.79 Å². The molecule has 0 spiro atoms. The Labute approximate surface area is 121 Å². The second kappa shape index (κ2) is 6.38. The van der Waals surface area contributed by atoms with E-state index >= 15 is 0 Å². The van der Waals surface area contributed by atoms with Crippen molar-refractivity contribution in [2.45, 2.75) is 26.3 Å². The molecule has 104 valence electrons. The van der Waals surface area contributed by atoms with Gasteiger partial charge in [-0.25, -0.2) is 0 Å². The monoisotopic (exact) mass is 267 g/mol. The molecule has 2 nitrogen and oxygen atoms in total. The van der Waals surface area contributed by atoms with Crippen molar-refractivity contribution in [2.75, 3.05) is 7.05 Å². The lowest BCUT2D eigenvalue weighted by Crippen LogP contribution is -2.34. The Morgan fingerprint density at radius 1 is 1.05 bits per heavy atom. The van der Waals surface area contributed by atoms with Crippen molar-refractivity contribution in [1.82, 2.24) is 4.90 Å². The summed E-state index contributed by atoms with van der Waals surface area (Å²) in [4.78, 5) is 13.2. The second-order valence-electron chi connectivity index (χ2n) is 5.25. The molecule has 0 N–H and O–H groups in total. The standard InChI is InChI=1S/C18H21NO/c1-14(19(3)15(2)20)12-16-8-7-11-18(13-16)17-9-5-4-6-10-17/h4-11,13-14H,12H2,1-3H3/t14-/m0/s1. The molecule has 1 amide bonds. The largest absolute Gasteiger partial charge is 0.343 e. The molecule has 0 unspecified atom stereocenters. The van der Waals surface area contributed by atoms with Crippen molar-refractivity contribution in [3.8, 4) is 11.1 Å². The summed E-state index contributed by atoms with van der Waals surface area (Å²) in [7, 11) is 1.86. The van der Waals surface area contributed by atoms with Gasteiger partial charge in [-0.15, -0.1) is 0 Å². The van der Waals surface area contributed by atoms with Crippen LogP contribution in [0.1, 0.15) is 19.4 Å². The Balaban J connectivity index is 2.17. The Morgan fingerprint density at radius 3 is 2.35 bits per heavy atom. The van der Waals surface area contributed by atoms with Crippen molar-refractivity contribution >= 4 is 5.91 Å². The SMILES string of the molecule is CC(=O)N(C)[C@@H](C)Cc1cccc(-c2ccccc2)c1. The highest BCUT2D eigenvalue weighted by Gasteiger charge is 2.12. The molecule has 0 heterocycles. The first-order valence-corrected chi connectivity index (χ1v) is 6.95.